The van der Waals surface area contributed by atoms with E-state index in [1.165, 1.54) is 0 Å². The van der Waals surface area contributed by atoms with E-state index in [2.05, 4.69) is 5.32 Å². The smallest absolute Gasteiger partial charge is 0.224 e. The molecule has 0 aliphatic heterocycles. The number of benzene rings is 1. The van der Waals surface area contributed by atoms with Gasteiger partial charge < -0.3 is 15.8 Å². The average Bonchev–Trinajstić information content (AvgIpc) is 2.35. The van der Waals surface area contributed by atoms with Crippen LogP contribution in [0, 0.1) is 0 Å². The summed E-state index contributed by atoms with van der Waals surface area (Å²) in [6.45, 7) is 1.91. The van der Waals surface area contributed by atoms with Crippen molar-refractivity contribution in [1.82, 2.24) is 0 Å². The van der Waals surface area contributed by atoms with Crippen molar-refractivity contribution in [3.8, 4) is 0 Å². The number of halogens is 1. The molecule has 0 radical (unpaired) electrons. The fraction of sp³-hybridized carbons (Fsp3) is 0.385. The lowest BCUT2D eigenvalue weighted by Crippen LogP contribution is -2.18. The highest BCUT2D eigenvalue weighted by Gasteiger charge is 2.11. The number of amides is 1. The Morgan fingerprint density at radius 1 is 1.58 bits per heavy atom. The summed E-state index contributed by atoms with van der Waals surface area (Å²) in [5.41, 5.74) is 6.74. The lowest BCUT2D eigenvalue weighted by molar-refractivity contribution is -0.116. The topological polar surface area (TPSA) is 64.3 Å². The molecule has 0 spiro atoms. The Kier molecular flexibility index (Phi) is 6.21. The molecule has 1 rings (SSSR count). The Labute approximate surface area is 123 Å². The highest BCUT2D eigenvalue weighted by atomic mass is 35.5. The first-order valence-corrected chi connectivity index (χ1v) is 6.64. The van der Waals surface area contributed by atoms with Gasteiger partial charge in [0, 0.05) is 24.1 Å². The van der Waals surface area contributed by atoms with E-state index in [1.807, 2.05) is 6.92 Å². The fourth-order valence-corrected chi connectivity index (χ4v) is 1.85. The molecule has 0 bridgehead atoms. The molecule has 3 N–H and O–H groups in total. The van der Waals surface area contributed by atoms with Crippen LogP contribution in [-0.2, 0) is 9.53 Å². The maximum Gasteiger partial charge on any atom is 0.224 e. The van der Waals surface area contributed by atoms with Crippen molar-refractivity contribution < 1.29 is 9.53 Å². The number of nitrogens with two attached hydrogens (primary N) is 1. The van der Waals surface area contributed by atoms with E-state index < -0.39 is 0 Å². The molecule has 104 valence electrons. The van der Waals surface area contributed by atoms with Crippen molar-refractivity contribution in [1.29, 1.82) is 0 Å². The number of thiocarbonyl (C=S) groups is 1. The van der Waals surface area contributed by atoms with E-state index in [0.717, 1.165) is 0 Å². The van der Waals surface area contributed by atoms with Crippen LogP contribution < -0.4 is 11.1 Å². The summed E-state index contributed by atoms with van der Waals surface area (Å²) in [6.07, 6.45) is 1.05. The second-order valence-corrected chi connectivity index (χ2v) is 5.06. The van der Waals surface area contributed by atoms with Crippen LogP contribution in [-0.4, -0.2) is 24.1 Å². The van der Waals surface area contributed by atoms with Crippen molar-refractivity contribution in [2.24, 2.45) is 5.73 Å². The number of rotatable bonds is 6. The zero-order chi connectivity index (χ0) is 14.4. The molecule has 1 atom stereocenters. The lowest BCUT2D eigenvalue weighted by atomic mass is 10.1. The maximum atomic E-state index is 11.8. The normalized spacial score (nSPS) is 11.9. The summed E-state index contributed by atoms with van der Waals surface area (Å²) in [5, 5.41) is 3.28. The van der Waals surface area contributed by atoms with E-state index in [9.17, 15) is 4.79 Å². The first kappa shape index (κ1) is 15.9. The van der Waals surface area contributed by atoms with Gasteiger partial charge in [0.15, 0.2) is 0 Å². The molecule has 0 saturated carbocycles. The molecule has 0 aromatic heterocycles. The second-order valence-electron chi connectivity index (χ2n) is 4.19. The molecule has 19 heavy (non-hydrogen) atoms. The first-order chi connectivity index (χ1) is 8.93. The predicted molar refractivity (Wildman–Crippen MR) is 81.7 cm³/mol. The minimum absolute atomic E-state index is 0.0418. The van der Waals surface area contributed by atoms with E-state index in [4.69, 9.17) is 34.3 Å². The predicted octanol–water partition coefficient (Wildman–Crippen LogP) is 2.73. The third kappa shape index (κ3) is 5.14. The van der Waals surface area contributed by atoms with Gasteiger partial charge in [-0.25, -0.2) is 0 Å². The van der Waals surface area contributed by atoms with Crippen molar-refractivity contribution >= 4 is 40.4 Å². The standard InChI is InChI=1S/C13H17ClN2O2S/c1-8(18-2)3-6-12(17)16-11-7-9(14)4-5-10(11)13(15)19/h4-5,7-8H,3,6H2,1-2H3,(H2,15,19)(H,16,17). The van der Waals surface area contributed by atoms with Gasteiger partial charge in [-0.3, -0.25) is 4.79 Å². The van der Waals surface area contributed by atoms with E-state index in [1.54, 1.807) is 25.3 Å². The van der Waals surface area contributed by atoms with Gasteiger partial charge in [-0.05, 0) is 31.5 Å². The zero-order valence-electron chi connectivity index (χ0n) is 10.9. The third-order valence-corrected chi connectivity index (χ3v) is 3.16. The van der Waals surface area contributed by atoms with Crippen molar-refractivity contribution in [3.05, 3.63) is 28.8 Å². The van der Waals surface area contributed by atoms with Gasteiger partial charge in [0.2, 0.25) is 5.91 Å². The molecule has 4 nitrogen and oxygen atoms in total. The lowest BCUT2D eigenvalue weighted by Gasteiger charge is -2.12. The molecule has 1 amide bonds. The molecule has 1 aromatic carbocycles. The highest BCUT2D eigenvalue weighted by Crippen LogP contribution is 2.21. The van der Waals surface area contributed by atoms with Crippen molar-refractivity contribution in [2.75, 3.05) is 12.4 Å². The second kappa shape index (κ2) is 7.43. The van der Waals surface area contributed by atoms with Crippen LogP contribution in [0.2, 0.25) is 5.02 Å². The number of nitrogens with one attached hydrogen (secondary N) is 1. The van der Waals surface area contributed by atoms with Gasteiger partial charge >= 0.3 is 0 Å². The molecular formula is C13H17ClN2O2S. The number of hydrogen-bond acceptors (Lipinski definition) is 3. The number of ether oxygens (including phenoxy) is 1. The largest absolute Gasteiger partial charge is 0.389 e. The average molecular weight is 301 g/mol. The van der Waals surface area contributed by atoms with Crippen LogP contribution in [0.1, 0.15) is 25.3 Å². The van der Waals surface area contributed by atoms with Gasteiger partial charge in [0.1, 0.15) is 4.99 Å². The molecule has 0 saturated heterocycles. The summed E-state index contributed by atoms with van der Waals surface area (Å²) < 4.78 is 5.09. The van der Waals surface area contributed by atoms with Gasteiger partial charge in [-0.2, -0.15) is 0 Å². The minimum Gasteiger partial charge on any atom is -0.389 e. The molecule has 0 aliphatic carbocycles. The zero-order valence-corrected chi connectivity index (χ0v) is 12.5. The molecular weight excluding hydrogens is 284 g/mol. The number of carbonyl (C=O) groups excluding carboxylic acids is 1. The Bertz CT molecular complexity index is 480. The highest BCUT2D eigenvalue weighted by molar-refractivity contribution is 7.80. The number of anilines is 1. The van der Waals surface area contributed by atoms with E-state index in [0.29, 0.717) is 29.1 Å². The SMILES string of the molecule is COC(C)CCC(=O)Nc1cc(Cl)ccc1C(N)=S. The van der Waals surface area contributed by atoms with Gasteiger partial charge in [0.05, 0.1) is 11.8 Å². The third-order valence-electron chi connectivity index (χ3n) is 2.70. The Morgan fingerprint density at radius 2 is 2.26 bits per heavy atom. The summed E-state index contributed by atoms with van der Waals surface area (Å²) in [5.74, 6) is -0.122. The first-order valence-electron chi connectivity index (χ1n) is 5.86. The van der Waals surface area contributed by atoms with E-state index >= 15 is 0 Å². The molecule has 0 heterocycles. The van der Waals surface area contributed by atoms with Gasteiger partial charge in [0.25, 0.3) is 0 Å². The van der Waals surface area contributed by atoms with Crippen molar-refractivity contribution in [3.63, 3.8) is 0 Å². The maximum absolute atomic E-state index is 11.8. The van der Waals surface area contributed by atoms with Gasteiger partial charge in [-0.1, -0.05) is 23.8 Å². The van der Waals surface area contributed by atoms with Crippen LogP contribution in [0.4, 0.5) is 5.69 Å². The Morgan fingerprint density at radius 3 is 2.84 bits per heavy atom. The number of carbonyl (C=O) groups is 1. The van der Waals surface area contributed by atoms with Crippen LogP contribution in [0.5, 0.6) is 0 Å². The van der Waals surface area contributed by atoms with Crippen LogP contribution in [0.25, 0.3) is 0 Å². The molecule has 0 fully saturated rings. The van der Waals surface area contributed by atoms with Crippen molar-refractivity contribution in [2.45, 2.75) is 25.9 Å². The summed E-state index contributed by atoms with van der Waals surface area (Å²) in [6, 6.07) is 5.00. The number of methoxy groups -OCH3 is 1. The summed E-state index contributed by atoms with van der Waals surface area (Å²) in [4.78, 5) is 12.0. The fourth-order valence-electron chi connectivity index (χ4n) is 1.50. The van der Waals surface area contributed by atoms with Gasteiger partial charge in [-0.15, -0.1) is 0 Å². The monoisotopic (exact) mass is 300 g/mol. The quantitative estimate of drug-likeness (QED) is 0.793. The molecule has 1 unspecified atom stereocenters. The van der Waals surface area contributed by atoms with E-state index in [-0.39, 0.29) is 17.0 Å². The van der Waals surface area contributed by atoms with Crippen LogP contribution in [0.15, 0.2) is 18.2 Å². The Hall–Kier alpha value is -1.17. The van der Waals surface area contributed by atoms with Crippen LogP contribution >= 0.6 is 23.8 Å². The molecule has 6 heteroatoms. The molecule has 1 aromatic rings. The Balaban J connectivity index is 2.73. The summed E-state index contributed by atoms with van der Waals surface area (Å²) >= 11 is 10.8. The number of hydrogen-bond donors (Lipinski definition) is 2. The van der Waals surface area contributed by atoms with Crippen LogP contribution in [0.3, 0.4) is 0 Å². The summed E-state index contributed by atoms with van der Waals surface area (Å²) in [7, 11) is 1.62. The minimum atomic E-state index is -0.122. The molecule has 0 aliphatic rings.